The molecule has 0 spiro atoms. The molecule has 14 heteroatoms. The first-order chi connectivity index (χ1) is 17.9. The van der Waals surface area contributed by atoms with Crippen LogP contribution in [0.3, 0.4) is 0 Å². The number of hydrogen-bond donors (Lipinski definition) is 7. The Morgan fingerprint density at radius 3 is 2.26 bits per heavy atom. The number of amidine groups is 1. The number of benzene rings is 2. The molecule has 0 unspecified atom stereocenters. The van der Waals surface area contributed by atoms with E-state index in [4.69, 9.17) is 37.6 Å². The zero-order valence-corrected chi connectivity index (χ0v) is 20.0. The van der Waals surface area contributed by atoms with Gasteiger partial charge in [0.05, 0.1) is 6.04 Å². The Balaban J connectivity index is 2.27. The van der Waals surface area contributed by atoms with Gasteiger partial charge in [-0.25, -0.2) is 4.79 Å². The summed E-state index contributed by atoms with van der Waals surface area (Å²) >= 11 is 0. The summed E-state index contributed by atoms with van der Waals surface area (Å²) in [5.41, 5.74) is 16.5. The fourth-order valence-electron chi connectivity index (χ4n) is 3.18. The molecule has 0 aromatic heterocycles. The Labute approximate surface area is 216 Å². The summed E-state index contributed by atoms with van der Waals surface area (Å²) < 4.78 is 5.74. The number of carbonyl (C=O) groups excluding carboxylic acids is 3. The van der Waals surface area contributed by atoms with E-state index in [9.17, 15) is 24.0 Å². The predicted molar refractivity (Wildman–Crippen MR) is 134 cm³/mol. The van der Waals surface area contributed by atoms with E-state index in [0.717, 1.165) is 0 Å². The highest BCUT2D eigenvalue weighted by molar-refractivity contribution is 6.33. The number of nitrogen functional groups attached to an aromatic ring is 1. The molecule has 0 heterocycles. The maximum absolute atomic E-state index is 12.9. The van der Waals surface area contributed by atoms with Gasteiger partial charge in [0.15, 0.2) is 5.96 Å². The summed E-state index contributed by atoms with van der Waals surface area (Å²) in [4.78, 5) is 62.2. The number of amides is 2. The molecule has 0 bridgehead atoms. The van der Waals surface area contributed by atoms with Crippen LogP contribution in [0.2, 0.25) is 0 Å². The van der Waals surface area contributed by atoms with Gasteiger partial charge in [-0.2, -0.15) is 4.99 Å². The van der Waals surface area contributed by atoms with Crippen LogP contribution in [-0.4, -0.2) is 64.2 Å². The molecule has 0 saturated heterocycles. The monoisotopic (exact) mass is 526 g/mol. The summed E-state index contributed by atoms with van der Waals surface area (Å²) in [6.07, 6.45) is -0.885. The lowest BCUT2D eigenvalue weighted by Gasteiger charge is -2.20. The molecule has 0 aliphatic carbocycles. The quantitative estimate of drug-likeness (QED) is 0.100. The maximum atomic E-state index is 12.9. The lowest BCUT2D eigenvalue weighted by molar-refractivity contribution is -0.148. The third kappa shape index (κ3) is 8.75. The summed E-state index contributed by atoms with van der Waals surface area (Å²) in [7, 11) is 0. The van der Waals surface area contributed by atoms with E-state index in [-0.39, 0.29) is 53.3 Å². The van der Waals surface area contributed by atoms with Crippen LogP contribution in [0.5, 0.6) is 5.75 Å². The molecule has 1 atom stereocenters. The Kier molecular flexibility index (Phi) is 10.0. The van der Waals surface area contributed by atoms with Crippen LogP contribution in [0.1, 0.15) is 44.7 Å². The second-order valence-corrected chi connectivity index (χ2v) is 7.98. The largest absolute Gasteiger partial charge is 0.491 e. The van der Waals surface area contributed by atoms with E-state index in [1.165, 1.54) is 42.5 Å². The molecule has 38 heavy (non-hydrogen) atoms. The van der Waals surface area contributed by atoms with E-state index in [1.807, 2.05) is 0 Å². The summed E-state index contributed by atoms with van der Waals surface area (Å²) in [6.45, 7) is -0.277. The molecule has 10 N–H and O–H groups in total. The molecule has 2 aromatic rings. The highest BCUT2D eigenvalue weighted by atomic mass is 16.5. The van der Waals surface area contributed by atoms with E-state index in [2.05, 4.69) is 10.3 Å². The second kappa shape index (κ2) is 13.2. The SMILES string of the molecule is N=C(N)c1ccc(CC(=O)C(=O)O)c(OC[C@@H](CCC(=O)O)NC(=O)c2cccc(C(=O)N=C(N)N)c2)c1. The number of nitrogens with two attached hydrogens (primary N) is 3. The first-order valence-electron chi connectivity index (χ1n) is 11.0. The number of nitrogens with zero attached hydrogens (tertiary/aromatic N) is 1. The molecule has 14 nitrogen and oxygen atoms in total. The standard InChI is InChI=1S/C24H26N6O8/c25-20(26)13-5-4-12(9-17(31)23(36)37)18(10-13)38-11-16(6-7-19(32)33)29-21(34)14-2-1-3-15(8-14)22(35)30-24(27)28/h1-5,8,10,16H,6-7,9,11H2,(H3,25,26)(H,29,34)(H,32,33)(H,36,37)(H4,27,28,30,35)/t16-/m1/s1. The molecular weight excluding hydrogens is 500 g/mol. The number of carboxylic acid groups (broad SMARTS) is 2. The lowest BCUT2D eigenvalue weighted by Crippen LogP contribution is -2.39. The van der Waals surface area contributed by atoms with Crippen molar-refractivity contribution in [2.45, 2.75) is 25.3 Å². The number of ether oxygens (including phenoxy) is 1. The third-order valence-electron chi connectivity index (χ3n) is 5.05. The van der Waals surface area contributed by atoms with Crippen molar-refractivity contribution < 1.29 is 38.9 Å². The van der Waals surface area contributed by atoms with Crippen LogP contribution >= 0.6 is 0 Å². The smallest absolute Gasteiger partial charge is 0.372 e. The van der Waals surface area contributed by atoms with Crippen molar-refractivity contribution in [3.63, 3.8) is 0 Å². The maximum Gasteiger partial charge on any atom is 0.372 e. The van der Waals surface area contributed by atoms with Crippen molar-refractivity contribution in [2.24, 2.45) is 22.2 Å². The van der Waals surface area contributed by atoms with Gasteiger partial charge in [-0.3, -0.25) is 24.6 Å². The fraction of sp³-hybridized carbons (Fsp3) is 0.208. The molecule has 2 rings (SSSR count). The summed E-state index contributed by atoms with van der Waals surface area (Å²) in [6, 6.07) is 8.79. The molecular formula is C24H26N6O8. The molecule has 0 aliphatic heterocycles. The van der Waals surface area contributed by atoms with Crippen molar-refractivity contribution in [1.29, 1.82) is 5.41 Å². The minimum absolute atomic E-state index is 0.0340. The van der Waals surface area contributed by atoms with Gasteiger partial charge in [0.25, 0.3) is 11.8 Å². The number of ketones is 1. The molecule has 2 amide bonds. The number of aliphatic carboxylic acids is 2. The fourth-order valence-corrected chi connectivity index (χ4v) is 3.18. The topological polar surface area (TPSA) is 261 Å². The minimum Gasteiger partial charge on any atom is -0.491 e. The van der Waals surface area contributed by atoms with Crippen LogP contribution in [0.4, 0.5) is 0 Å². The zero-order valence-electron chi connectivity index (χ0n) is 20.0. The Hall–Kier alpha value is -5.27. The minimum atomic E-state index is -1.64. The summed E-state index contributed by atoms with van der Waals surface area (Å²) in [5.74, 6) is -6.01. The van der Waals surface area contributed by atoms with Crippen LogP contribution in [0.15, 0.2) is 47.5 Å². The van der Waals surface area contributed by atoms with E-state index < -0.39 is 48.0 Å². The van der Waals surface area contributed by atoms with Crippen molar-refractivity contribution in [2.75, 3.05) is 6.61 Å². The number of carbonyl (C=O) groups is 5. The average molecular weight is 527 g/mol. The number of carboxylic acids is 2. The average Bonchev–Trinajstić information content (AvgIpc) is 2.85. The first kappa shape index (κ1) is 29.0. The van der Waals surface area contributed by atoms with Gasteiger partial charge in [-0.05, 0) is 30.7 Å². The first-order valence-corrected chi connectivity index (χ1v) is 11.0. The van der Waals surface area contributed by atoms with Crippen molar-refractivity contribution in [3.8, 4) is 5.75 Å². The van der Waals surface area contributed by atoms with Gasteiger partial charge in [0, 0.05) is 35.1 Å². The van der Waals surface area contributed by atoms with Crippen LogP contribution in [-0.2, 0) is 20.8 Å². The van der Waals surface area contributed by atoms with Gasteiger partial charge in [0.1, 0.15) is 18.2 Å². The van der Waals surface area contributed by atoms with Crippen LogP contribution < -0.4 is 27.3 Å². The van der Waals surface area contributed by atoms with Crippen LogP contribution in [0.25, 0.3) is 0 Å². The molecule has 0 radical (unpaired) electrons. The van der Waals surface area contributed by atoms with Crippen molar-refractivity contribution in [3.05, 3.63) is 64.7 Å². The highest BCUT2D eigenvalue weighted by Gasteiger charge is 2.20. The van der Waals surface area contributed by atoms with E-state index in [0.29, 0.717) is 0 Å². The predicted octanol–water partition coefficient (Wildman–Crippen LogP) is -0.377. The van der Waals surface area contributed by atoms with E-state index in [1.54, 1.807) is 0 Å². The van der Waals surface area contributed by atoms with Crippen LogP contribution in [0, 0.1) is 5.41 Å². The Morgan fingerprint density at radius 1 is 0.974 bits per heavy atom. The molecule has 0 aliphatic rings. The highest BCUT2D eigenvalue weighted by Crippen LogP contribution is 2.22. The van der Waals surface area contributed by atoms with Crippen molar-refractivity contribution in [1.82, 2.24) is 5.32 Å². The molecule has 2 aromatic carbocycles. The number of aliphatic imine (C=N–C) groups is 1. The molecule has 0 fully saturated rings. The van der Waals surface area contributed by atoms with E-state index >= 15 is 0 Å². The number of nitrogens with one attached hydrogen (secondary N) is 2. The summed E-state index contributed by atoms with van der Waals surface area (Å²) in [5, 5.41) is 28.3. The molecule has 200 valence electrons. The third-order valence-corrected chi connectivity index (χ3v) is 5.05. The van der Waals surface area contributed by atoms with Gasteiger partial charge in [0.2, 0.25) is 5.78 Å². The van der Waals surface area contributed by atoms with Gasteiger partial charge < -0.3 is 37.5 Å². The number of guanidine groups is 1. The molecule has 0 saturated carbocycles. The number of Topliss-reactive ketones (excluding diaryl/α,β-unsaturated/α-hetero) is 1. The van der Waals surface area contributed by atoms with Gasteiger partial charge in [-0.15, -0.1) is 0 Å². The Morgan fingerprint density at radius 2 is 1.66 bits per heavy atom. The number of hydrogen-bond acceptors (Lipinski definition) is 7. The normalized spacial score (nSPS) is 11.1. The van der Waals surface area contributed by atoms with Crippen molar-refractivity contribution >= 4 is 41.3 Å². The second-order valence-electron chi connectivity index (χ2n) is 7.98. The Bertz CT molecular complexity index is 1300. The number of rotatable bonds is 13. The van der Waals surface area contributed by atoms with Gasteiger partial charge >= 0.3 is 11.9 Å². The zero-order chi connectivity index (χ0) is 28.4. The lowest BCUT2D eigenvalue weighted by atomic mass is 10.0. The van der Waals surface area contributed by atoms with Gasteiger partial charge in [-0.1, -0.05) is 18.2 Å².